The molecule has 0 saturated carbocycles. The Labute approximate surface area is 106 Å². The van der Waals surface area contributed by atoms with Crippen LogP contribution >= 0.6 is 0 Å². The number of aryl methyl sites for hydroxylation is 2. The van der Waals surface area contributed by atoms with Gasteiger partial charge in [0, 0.05) is 12.1 Å². The van der Waals surface area contributed by atoms with Crippen LogP contribution in [0.25, 0.3) is 0 Å². The number of hydrogen-bond acceptors (Lipinski definition) is 2. The van der Waals surface area contributed by atoms with Crippen LogP contribution in [-0.2, 0) is 17.6 Å². The number of carboxylic acid groups (broad SMARTS) is 1. The Bertz CT molecular complexity index is 573. The summed E-state index contributed by atoms with van der Waals surface area (Å²) in [6.45, 7) is 3.91. The number of aromatic amines is 1. The maximum absolute atomic E-state index is 10.7. The lowest BCUT2D eigenvalue weighted by Gasteiger charge is -2.02. The molecule has 1 heterocycles. The summed E-state index contributed by atoms with van der Waals surface area (Å²) in [5.41, 5.74) is 3.87. The highest BCUT2D eigenvalue weighted by Gasteiger charge is 2.11. The van der Waals surface area contributed by atoms with Crippen LogP contribution in [0.15, 0.2) is 24.3 Å². The average Bonchev–Trinajstić information content (AvgIpc) is 2.62. The second kappa shape index (κ2) is 5.04. The standard InChI is InChI=1S/C14H16N2O2/c1-9-5-3-4-6-11(9)7-13-15-10(2)12(16-13)8-14(17)18/h3-6H,7-8H2,1-2H3,(H,15,16)(H,17,18). The summed E-state index contributed by atoms with van der Waals surface area (Å²) in [4.78, 5) is 18.2. The number of aliphatic carboxylic acids is 1. The maximum Gasteiger partial charge on any atom is 0.309 e. The van der Waals surface area contributed by atoms with Crippen LogP contribution in [0.2, 0.25) is 0 Å². The van der Waals surface area contributed by atoms with Crippen LogP contribution < -0.4 is 0 Å². The Morgan fingerprint density at radius 1 is 1.33 bits per heavy atom. The molecule has 0 saturated heterocycles. The molecule has 0 aliphatic heterocycles. The molecule has 94 valence electrons. The number of imidazole rings is 1. The van der Waals surface area contributed by atoms with Crippen molar-refractivity contribution < 1.29 is 9.90 Å². The van der Waals surface area contributed by atoms with E-state index in [-0.39, 0.29) is 6.42 Å². The van der Waals surface area contributed by atoms with Crippen molar-refractivity contribution in [2.45, 2.75) is 26.7 Å². The number of hydrogen-bond donors (Lipinski definition) is 2. The van der Waals surface area contributed by atoms with Crippen molar-refractivity contribution in [1.82, 2.24) is 9.97 Å². The molecule has 0 aliphatic rings. The molecule has 0 amide bonds. The van der Waals surface area contributed by atoms with Gasteiger partial charge in [-0.25, -0.2) is 4.98 Å². The van der Waals surface area contributed by atoms with Gasteiger partial charge in [-0.1, -0.05) is 24.3 Å². The van der Waals surface area contributed by atoms with E-state index in [4.69, 9.17) is 5.11 Å². The number of H-pyrrole nitrogens is 1. The van der Waals surface area contributed by atoms with E-state index in [9.17, 15) is 4.79 Å². The molecule has 0 fully saturated rings. The third-order valence-corrected chi connectivity index (χ3v) is 2.97. The van der Waals surface area contributed by atoms with Crippen molar-refractivity contribution in [3.63, 3.8) is 0 Å². The van der Waals surface area contributed by atoms with Crippen LogP contribution in [0, 0.1) is 13.8 Å². The van der Waals surface area contributed by atoms with Gasteiger partial charge in [0.15, 0.2) is 0 Å². The van der Waals surface area contributed by atoms with Gasteiger partial charge < -0.3 is 10.1 Å². The minimum atomic E-state index is -0.855. The summed E-state index contributed by atoms with van der Waals surface area (Å²) in [7, 11) is 0. The lowest BCUT2D eigenvalue weighted by atomic mass is 10.1. The van der Waals surface area contributed by atoms with Gasteiger partial charge in [-0.05, 0) is 25.0 Å². The highest BCUT2D eigenvalue weighted by Crippen LogP contribution is 2.13. The second-order valence-electron chi connectivity index (χ2n) is 4.43. The molecule has 2 aromatic rings. The Morgan fingerprint density at radius 2 is 2.06 bits per heavy atom. The third kappa shape index (κ3) is 2.77. The van der Waals surface area contributed by atoms with Crippen LogP contribution in [0.1, 0.15) is 28.3 Å². The lowest BCUT2D eigenvalue weighted by molar-refractivity contribution is -0.136. The van der Waals surface area contributed by atoms with Gasteiger partial charge in [0.25, 0.3) is 0 Å². The first-order chi connectivity index (χ1) is 8.56. The fraction of sp³-hybridized carbons (Fsp3) is 0.286. The van der Waals surface area contributed by atoms with E-state index >= 15 is 0 Å². The van der Waals surface area contributed by atoms with E-state index < -0.39 is 5.97 Å². The first-order valence-corrected chi connectivity index (χ1v) is 5.87. The minimum Gasteiger partial charge on any atom is -0.481 e. The number of nitrogens with one attached hydrogen (secondary N) is 1. The van der Waals surface area contributed by atoms with Gasteiger partial charge in [0.05, 0.1) is 12.1 Å². The van der Waals surface area contributed by atoms with Gasteiger partial charge in [-0.3, -0.25) is 4.79 Å². The highest BCUT2D eigenvalue weighted by molar-refractivity contribution is 5.69. The van der Waals surface area contributed by atoms with E-state index in [1.54, 1.807) is 0 Å². The van der Waals surface area contributed by atoms with Crippen LogP contribution in [-0.4, -0.2) is 21.0 Å². The number of carboxylic acids is 1. The van der Waals surface area contributed by atoms with Crippen molar-refractivity contribution >= 4 is 5.97 Å². The number of rotatable bonds is 4. The first kappa shape index (κ1) is 12.4. The zero-order valence-electron chi connectivity index (χ0n) is 10.5. The van der Waals surface area contributed by atoms with Crippen molar-refractivity contribution in [2.75, 3.05) is 0 Å². The topological polar surface area (TPSA) is 66.0 Å². The largest absolute Gasteiger partial charge is 0.481 e. The summed E-state index contributed by atoms with van der Waals surface area (Å²) < 4.78 is 0. The first-order valence-electron chi connectivity index (χ1n) is 5.87. The molecule has 0 unspecified atom stereocenters. The normalized spacial score (nSPS) is 10.6. The van der Waals surface area contributed by atoms with Crippen molar-refractivity contribution in [2.24, 2.45) is 0 Å². The summed E-state index contributed by atoms with van der Waals surface area (Å²) in [5.74, 6) is -0.0370. The van der Waals surface area contributed by atoms with Crippen LogP contribution in [0.3, 0.4) is 0 Å². The minimum absolute atomic E-state index is 0.0316. The fourth-order valence-corrected chi connectivity index (χ4v) is 1.95. The van der Waals surface area contributed by atoms with Crippen molar-refractivity contribution in [3.05, 3.63) is 52.6 Å². The van der Waals surface area contributed by atoms with E-state index in [2.05, 4.69) is 29.0 Å². The van der Waals surface area contributed by atoms with Gasteiger partial charge in [0.2, 0.25) is 0 Å². The molecule has 4 nitrogen and oxygen atoms in total. The van der Waals surface area contributed by atoms with Crippen molar-refractivity contribution in [3.8, 4) is 0 Å². The molecule has 0 bridgehead atoms. The van der Waals surface area contributed by atoms with Crippen LogP contribution in [0.5, 0.6) is 0 Å². The molecule has 0 spiro atoms. The Kier molecular flexibility index (Phi) is 3.46. The molecule has 0 atom stereocenters. The predicted molar refractivity (Wildman–Crippen MR) is 68.6 cm³/mol. The summed E-state index contributed by atoms with van der Waals surface area (Å²) >= 11 is 0. The zero-order valence-corrected chi connectivity index (χ0v) is 10.5. The molecule has 2 N–H and O–H groups in total. The number of nitrogens with zero attached hydrogens (tertiary/aromatic N) is 1. The summed E-state index contributed by atoms with van der Waals surface area (Å²) in [6, 6.07) is 8.12. The maximum atomic E-state index is 10.7. The molecule has 2 rings (SSSR count). The van der Waals surface area contributed by atoms with E-state index in [1.807, 2.05) is 19.1 Å². The summed E-state index contributed by atoms with van der Waals surface area (Å²) in [6.07, 6.45) is 0.670. The molecule has 1 aromatic heterocycles. The van der Waals surface area contributed by atoms with E-state index in [1.165, 1.54) is 11.1 Å². The zero-order chi connectivity index (χ0) is 13.1. The number of benzene rings is 1. The molecule has 4 heteroatoms. The Balaban J connectivity index is 2.20. The molecule has 18 heavy (non-hydrogen) atoms. The third-order valence-electron chi connectivity index (χ3n) is 2.97. The quantitative estimate of drug-likeness (QED) is 0.866. The molecule has 1 aromatic carbocycles. The predicted octanol–water partition coefficient (Wildman–Crippen LogP) is 2.24. The number of carbonyl (C=O) groups is 1. The van der Waals surface area contributed by atoms with Crippen LogP contribution in [0.4, 0.5) is 0 Å². The SMILES string of the molecule is Cc1ccccc1Cc1nc(CC(=O)O)c(C)[nH]1. The molecule has 0 aliphatic carbocycles. The van der Waals surface area contributed by atoms with Crippen molar-refractivity contribution in [1.29, 1.82) is 0 Å². The van der Waals surface area contributed by atoms with Gasteiger partial charge >= 0.3 is 5.97 Å². The number of aromatic nitrogens is 2. The highest BCUT2D eigenvalue weighted by atomic mass is 16.4. The molecule has 0 radical (unpaired) electrons. The van der Waals surface area contributed by atoms with Gasteiger partial charge in [-0.2, -0.15) is 0 Å². The summed E-state index contributed by atoms with van der Waals surface area (Å²) in [5, 5.41) is 8.78. The van der Waals surface area contributed by atoms with Gasteiger partial charge in [-0.15, -0.1) is 0 Å². The Hall–Kier alpha value is -2.10. The van der Waals surface area contributed by atoms with E-state index in [0.29, 0.717) is 12.1 Å². The van der Waals surface area contributed by atoms with Gasteiger partial charge in [0.1, 0.15) is 5.82 Å². The fourth-order valence-electron chi connectivity index (χ4n) is 1.95. The Morgan fingerprint density at radius 3 is 2.72 bits per heavy atom. The van der Waals surface area contributed by atoms with E-state index in [0.717, 1.165) is 11.5 Å². The smallest absolute Gasteiger partial charge is 0.309 e. The second-order valence-corrected chi connectivity index (χ2v) is 4.43. The lowest BCUT2D eigenvalue weighted by Crippen LogP contribution is -2.02. The molecular weight excluding hydrogens is 228 g/mol. The molecular formula is C14H16N2O2. The monoisotopic (exact) mass is 244 g/mol. The average molecular weight is 244 g/mol.